The van der Waals surface area contributed by atoms with Crippen LogP contribution in [0.3, 0.4) is 0 Å². The van der Waals surface area contributed by atoms with Gasteiger partial charge in [-0.15, -0.1) is 0 Å². The number of nitriles is 1. The van der Waals surface area contributed by atoms with E-state index in [-0.39, 0.29) is 12.5 Å². The highest BCUT2D eigenvalue weighted by atomic mass is 16.3. The molecule has 3 rings (SSSR count). The zero-order valence-electron chi connectivity index (χ0n) is 13.7. The van der Waals surface area contributed by atoms with Crippen LogP contribution in [0.15, 0.2) is 30.6 Å². The lowest BCUT2D eigenvalue weighted by Gasteiger charge is -2.21. The van der Waals surface area contributed by atoms with Gasteiger partial charge >= 0.3 is 0 Å². The van der Waals surface area contributed by atoms with Gasteiger partial charge in [-0.05, 0) is 12.1 Å². The number of amides is 1. The molecule has 1 aliphatic rings. The molecule has 0 saturated carbocycles. The largest absolute Gasteiger partial charge is 0.390 e. The van der Waals surface area contributed by atoms with E-state index >= 15 is 0 Å². The van der Waals surface area contributed by atoms with E-state index < -0.39 is 6.10 Å². The Hall–Kier alpha value is -2.89. The third-order valence-corrected chi connectivity index (χ3v) is 4.24. The van der Waals surface area contributed by atoms with Crippen LogP contribution in [0.4, 0.5) is 5.82 Å². The van der Waals surface area contributed by atoms with Gasteiger partial charge in [-0.1, -0.05) is 6.07 Å². The lowest BCUT2D eigenvalue weighted by atomic mass is 10.2. The number of aromatic nitrogens is 2. The van der Waals surface area contributed by atoms with Crippen molar-refractivity contribution in [1.82, 2.24) is 19.8 Å². The summed E-state index contributed by atoms with van der Waals surface area (Å²) < 4.78 is 0. The number of nitrogens with one attached hydrogen (secondary N) is 1. The molecule has 2 aromatic heterocycles. The first kappa shape index (κ1) is 17.0. The van der Waals surface area contributed by atoms with Gasteiger partial charge in [0.2, 0.25) is 0 Å². The Morgan fingerprint density at radius 2 is 2.32 bits per heavy atom. The van der Waals surface area contributed by atoms with Gasteiger partial charge in [-0.25, -0.2) is 4.98 Å². The molecule has 1 atom stereocenters. The van der Waals surface area contributed by atoms with Gasteiger partial charge in [-0.2, -0.15) is 5.26 Å². The van der Waals surface area contributed by atoms with Crippen molar-refractivity contribution in [3.05, 3.63) is 47.4 Å². The Kier molecular flexibility index (Phi) is 4.97. The molecular formula is C17H20N6O2. The smallest absolute Gasteiger partial charge is 0.270 e. The number of anilines is 1. The molecule has 130 valence electrons. The number of pyridine rings is 1. The van der Waals surface area contributed by atoms with Crippen molar-refractivity contribution in [2.75, 3.05) is 31.9 Å². The summed E-state index contributed by atoms with van der Waals surface area (Å²) in [5, 5.41) is 19.2. The van der Waals surface area contributed by atoms with Crippen LogP contribution in [0.1, 0.15) is 21.6 Å². The standard InChI is InChI=1S/C17H20N6O2/c18-7-12-6-15(21-8-12)17(25)23-5-4-22(10-14(24)11-23)9-13-2-1-3-20-16(13)19/h1-3,6,8,14,21,24H,4-5,9-11H2,(H2,19,20)/t14-/m0/s1. The van der Waals surface area contributed by atoms with Gasteiger partial charge in [-0.3, -0.25) is 9.69 Å². The average molecular weight is 340 g/mol. The molecule has 8 nitrogen and oxygen atoms in total. The SMILES string of the molecule is N#Cc1c[nH]c(C(=O)N2CCN(Cc3cccnc3N)C[C@H](O)C2)c1. The molecule has 3 heterocycles. The maximum absolute atomic E-state index is 12.6. The normalized spacial score (nSPS) is 18.6. The highest BCUT2D eigenvalue weighted by molar-refractivity contribution is 5.93. The molecule has 2 aromatic rings. The third-order valence-electron chi connectivity index (χ3n) is 4.24. The number of hydrogen-bond donors (Lipinski definition) is 3. The second-order valence-electron chi connectivity index (χ2n) is 6.10. The van der Waals surface area contributed by atoms with E-state index in [2.05, 4.69) is 14.9 Å². The first-order valence-electron chi connectivity index (χ1n) is 8.04. The van der Waals surface area contributed by atoms with Gasteiger partial charge in [0.1, 0.15) is 17.6 Å². The molecule has 0 aliphatic carbocycles. The molecular weight excluding hydrogens is 320 g/mol. The van der Waals surface area contributed by atoms with Crippen LogP contribution < -0.4 is 5.73 Å². The quantitative estimate of drug-likeness (QED) is 0.733. The molecule has 0 aromatic carbocycles. The van der Waals surface area contributed by atoms with E-state index in [0.717, 1.165) is 5.56 Å². The number of hydrogen-bond acceptors (Lipinski definition) is 6. The lowest BCUT2D eigenvalue weighted by molar-refractivity contribution is 0.0658. The van der Waals surface area contributed by atoms with E-state index in [1.165, 1.54) is 12.3 Å². The molecule has 1 saturated heterocycles. The Balaban J connectivity index is 1.67. The van der Waals surface area contributed by atoms with E-state index in [1.54, 1.807) is 11.1 Å². The van der Waals surface area contributed by atoms with Crippen LogP contribution in [0.5, 0.6) is 0 Å². The van der Waals surface area contributed by atoms with Gasteiger partial charge in [0, 0.05) is 50.7 Å². The molecule has 8 heteroatoms. The monoisotopic (exact) mass is 340 g/mol. The van der Waals surface area contributed by atoms with Crippen LogP contribution in [0.25, 0.3) is 0 Å². The molecule has 0 unspecified atom stereocenters. The third kappa shape index (κ3) is 3.96. The predicted octanol–water partition coefficient (Wildman–Crippen LogP) is 0.182. The fraction of sp³-hybridized carbons (Fsp3) is 0.353. The maximum Gasteiger partial charge on any atom is 0.270 e. The predicted molar refractivity (Wildman–Crippen MR) is 91.3 cm³/mol. The number of nitrogen functional groups attached to an aromatic ring is 1. The van der Waals surface area contributed by atoms with Crippen molar-refractivity contribution in [3.8, 4) is 6.07 Å². The molecule has 1 amide bonds. The Morgan fingerprint density at radius 3 is 3.04 bits per heavy atom. The number of aliphatic hydroxyl groups excluding tert-OH is 1. The molecule has 0 spiro atoms. The minimum atomic E-state index is -0.658. The second-order valence-corrected chi connectivity index (χ2v) is 6.10. The number of nitrogens with zero attached hydrogens (tertiary/aromatic N) is 4. The van der Waals surface area contributed by atoms with E-state index in [4.69, 9.17) is 11.0 Å². The fourth-order valence-electron chi connectivity index (χ4n) is 2.96. The number of carbonyl (C=O) groups is 1. The van der Waals surface area contributed by atoms with Gasteiger partial charge in [0.25, 0.3) is 5.91 Å². The summed E-state index contributed by atoms with van der Waals surface area (Å²) in [6.07, 6.45) is 2.48. The van der Waals surface area contributed by atoms with Crippen LogP contribution in [-0.4, -0.2) is 63.1 Å². The minimum absolute atomic E-state index is 0.219. The van der Waals surface area contributed by atoms with Crippen molar-refractivity contribution >= 4 is 11.7 Å². The molecule has 0 radical (unpaired) electrons. The van der Waals surface area contributed by atoms with Crippen molar-refractivity contribution in [2.45, 2.75) is 12.6 Å². The fourth-order valence-corrected chi connectivity index (χ4v) is 2.96. The van der Waals surface area contributed by atoms with Gasteiger partial charge in [0.05, 0.1) is 11.7 Å². The number of aliphatic hydroxyl groups is 1. The molecule has 1 aliphatic heterocycles. The zero-order chi connectivity index (χ0) is 17.8. The topological polar surface area (TPSA) is 122 Å². The first-order valence-corrected chi connectivity index (χ1v) is 8.04. The van der Waals surface area contributed by atoms with E-state index in [0.29, 0.717) is 43.3 Å². The number of nitrogens with two attached hydrogens (primary N) is 1. The van der Waals surface area contributed by atoms with Crippen LogP contribution >= 0.6 is 0 Å². The van der Waals surface area contributed by atoms with Crippen molar-refractivity contribution in [2.24, 2.45) is 0 Å². The van der Waals surface area contributed by atoms with Gasteiger partial charge < -0.3 is 20.7 Å². The lowest BCUT2D eigenvalue weighted by Crippen LogP contribution is -2.37. The Morgan fingerprint density at radius 1 is 1.48 bits per heavy atom. The van der Waals surface area contributed by atoms with Crippen LogP contribution in [0.2, 0.25) is 0 Å². The van der Waals surface area contributed by atoms with E-state index in [9.17, 15) is 9.90 Å². The summed E-state index contributed by atoms with van der Waals surface area (Å²) in [7, 11) is 0. The maximum atomic E-state index is 12.6. The highest BCUT2D eigenvalue weighted by Gasteiger charge is 2.26. The van der Waals surface area contributed by atoms with Crippen molar-refractivity contribution in [1.29, 1.82) is 5.26 Å². The van der Waals surface area contributed by atoms with Crippen LogP contribution in [-0.2, 0) is 6.54 Å². The van der Waals surface area contributed by atoms with Crippen molar-refractivity contribution in [3.63, 3.8) is 0 Å². The summed E-state index contributed by atoms with van der Waals surface area (Å²) in [5.74, 6) is 0.257. The second kappa shape index (κ2) is 7.34. The van der Waals surface area contributed by atoms with Crippen molar-refractivity contribution < 1.29 is 9.90 Å². The number of β-amino-alcohol motifs (C(OH)–C–C–N with tert-alkyl or cyclic N) is 1. The highest BCUT2D eigenvalue weighted by Crippen LogP contribution is 2.15. The van der Waals surface area contributed by atoms with E-state index in [1.807, 2.05) is 18.2 Å². The Bertz CT molecular complexity index is 796. The summed E-state index contributed by atoms with van der Waals surface area (Å²) in [6.45, 7) is 2.37. The number of rotatable bonds is 3. The minimum Gasteiger partial charge on any atom is -0.390 e. The zero-order valence-corrected chi connectivity index (χ0v) is 13.7. The Labute approximate surface area is 145 Å². The summed E-state index contributed by atoms with van der Waals surface area (Å²) in [6, 6.07) is 7.24. The number of carbonyl (C=O) groups excluding carboxylic acids is 1. The van der Waals surface area contributed by atoms with Gasteiger partial charge in [0.15, 0.2) is 0 Å². The summed E-state index contributed by atoms with van der Waals surface area (Å²) >= 11 is 0. The number of aromatic amines is 1. The molecule has 4 N–H and O–H groups in total. The summed E-state index contributed by atoms with van der Waals surface area (Å²) in [4.78, 5) is 23.1. The molecule has 1 fully saturated rings. The van der Waals surface area contributed by atoms with Crippen LogP contribution in [0, 0.1) is 11.3 Å². The molecule has 0 bridgehead atoms. The first-order chi connectivity index (χ1) is 12.1. The summed E-state index contributed by atoms with van der Waals surface area (Å²) in [5.41, 5.74) is 7.55. The molecule has 25 heavy (non-hydrogen) atoms. The number of H-pyrrole nitrogens is 1. The average Bonchev–Trinajstić information content (AvgIpc) is 3.01.